The first-order valence-electron chi connectivity index (χ1n) is 5.16. The smallest absolute Gasteiger partial charge is 0.296 e. The molecule has 14 heavy (non-hydrogen) atoms. The summed E-state index contributed by atoms with van der Waals surface area (Å²) in [4.78, 5) is 23.8. The molecular weight excluding hydrogens is 180 g/mol. The van der Waals surface area contributed by atoms with Crippen LogP contribution in [0.4, 0.5) is 0 Å². The van der Waals surface area contributed by atoms with Crippen LogP contribution in [0.15, 0.2) is 0 Å². The average molecular weight is 199 g/mol. The zero-order chi connectivity index (χ0) is 11.0. The molecule has 0 spiro atoms. The second-order valence-corrected chi connectivity index (χ2v) is 4.53. The van der Waals surface area contributed by atoms with Crippen LogP contribution in [-0.2, 0) is 4.79 Å². The Balaban J connectivity index is 3.12. The van der Waals surface area contributed by atoms with Crippen LogP contribution >= 0.6 is 0 Å². The molecule has 4 heteroatoms. The fourth-order valence-electron chi connectivity index (χ4n) is 2.06. The Bertz CT molecular complexity index is 267. The molecule has 0 aliphatic carbocycles. The number of nitrogens with one attached hydrogen (secondary N) is 1. The van der Waals surface area contributed by atoms with E-state index in [2.05, 4.69) is 5.32 Å². The maximum Gasteiger partial charge on any atom is 0.296 e. The number of hydrogen-bond donors (Lipinski definition) is 1. The van der Waals surface area contributed by atoms with Gasteiger partial charge in [-0.1, -0.05) is 13.8 Å². The van der Waals surface area contributed by atoms with Gasteiger partial charge in [-0.3, -0.25) is 4.79 Å². The number of hydrogen-bond acceptors (Lipinski definition) is 2. The van der Waals surface area contributed by atoms with Crippen molar-refractivity contribution in [1.29, 1.82) is 0 Å². The summed E-state index contributed by atoms with van der Waals surface area (Å²) >= 11 is 0. The molecule has 1 aliphatic heterocycles. The van der Waals surface area contributed by atoms with Gasteiger partial charge in [-0.05, 0) is 0 Å². The first-order valence-corrected chi connectivity index (χ1v) is 5.16. The van der Waals surface area contributed by atoms with Gasteiger partial charge in [0, 0.05) is 36.4 Å². The van der Waals surface area contributed by atoms with Crippen molar-refractivity contribution in [3.63, 3.8) is 0 Å². The van der Waals surface area contributed by atoms with E-state index in [1.165, 1.54) is 0 Å². The van der Waals surface area contributed by atoms with Gasteiger partial charge in [-0.2, -0.15) is 0 Å². The van der Waals surface area contributed by atoms with Crippen molar-refractivity contribution in [3.8, 4) is 0 Å². The lowest BCUT2D eigenvalue weighted by Gasteiger charge is -2.34. The third-order valence-electron chi connectivity index (χ3n) is 3.21. The molecule has 1 fully saturated rings. The van der Waals surface area contributed by atoms with Gasteiger partial charge in [0.15, 0.2) is 0 Å². The van der Waals surface area contributed by atoms with Gasteiger partial charge in [-0.15, -0.1) is 0 Å². The van der Waals surface area contributed by atoms with Crippen molar-refractivity contribution < 1.29 is 9.55 Å². The normalized spacial score (nSPS) is 24.6. The van der Waals surface area contributed by atoms with Crippen molar-refractivity contribution in [2.75, 3.05) is 6.54 Å². The minimum Gasteiger partial charge on any atom is -0.343 e. The van der Waals surface area contributed by atoms with Crippen LogP contribution in [0.5, 0.6) is 0 Å². The van der Waals surface area contributed by atoms with Crippen LogP contribution in [0.1, 0.15) is 40.5 Å². The number of rotatable bonds is 2. The van der Waals surface area contributed by atoms with Crippen LogP contribution in [0.25, 0.3) is 0 Å². The van der Waals surface area contributed by atoms with E-state index in [1.54, 1.807) is 0 Å². The van der Waals surface area contributed by atoms with E-state index < -0.39 is 11.1 Å². The fraction of sp³-hybridized carbons (Fsp3) is 0.900. The van der Waals surface area contributed by atoms with Crippen molar-refractivity contribution in [1.82, 2.24) is 5.32 Å². The summed E-state index contributed by atoms with van der Waals surface area (Å²) in [5, 5.41) is 2.81. The van der Waals surface area contributed by atoms with Gasteiger partial charge < -0.3 is 5.32 Å². The Morgan fingerprint density at radius 2 is 1.86 bits per heavy atom. The lowest BCUT2D eigenvalue weighted by Crippen LogP contribution is -2.67. The topological polar surface area (TPSA) is 49.2 Å². The van der Waals surface area contributed by atoms with Crippen molar-refractivity contribution >= 4 is 5.91 Å². The van der Waals surface area contributed by atoms with E-state index >= 15 is 0 Å². The second-order valence-electron chi connectivity index (χ2n) is 4.53. The molecule has 4 nitrogen and oxygen atoms in total. The van der Waals surface area contributed by atoms with Crippen LogP contribution in [0.3, 0.4) is 0 Å². The highest BCUT2D eigenvalue weighted by molar-refractivity contribution is 5.85. The fourth-order valence-corrected chi connectivity index (χ4v) is 2.06. The molecule has 1 aliphatic rings. The highest BCUT2D eigenvalue weighted by atomic mass is 16.3. The predicted octanol–water partition coefficient (Wildman–Crippen LogP) is 1.23. The van der Waals surface area contributed by atoms with Crippen LogP contribution in [-0.4, -0.2) is 28.3 Å². The lowest BCUT2D eigenvalue weighted by atomic mass is 9.84. The predicted molar refractivity (Wildman–Crippen MR) is 54.0 cm³/mol. The molecule has 80 valence electrons. The van der Waals surface area contributed by atoms with Crippen LogP contribution < -0.4 is 5.32 Å². The van der Waals surface area contributed by atoms with Gasteiger partial charge >= 0.3 is 0 Å². The van der Waals surface area contributed by atoms with Gasteiger partial charge in [-0.25, -0.2) is 0 Å². The van der Waals surface area contributed by atoms with Crippen molar-refractivity contribution in [3.05, 3.63) is 4.91 Å². The number of nitrogens with zero attached hydrogens (tertiary/aromatic N) is 1. The molecule has 0 aromatic rings. The summed E-state index contributed by atoms with van der Waals surface area (Å²) in [6.07, 6.45) is 1.12. The minimum absolute atomic E-state index is 0.128. The molecule has 1 heterocycles. The number of carbonyl (C=O) groups is 1. The summed E-state index contributed by atoms with van der Waals surface area (Å²) in [6, 6.07) is 0. The highest BCUT2D eigenvalue weighted by Crippen LogP contribution is 2.29. The minimum atomic E-state index is -0.859. The maximum absolute atomic E-state index is 12.1. The quantitative estimate of drug-likeness (QED) is 0.680. The Morgan fingerprint density at radius 1 is 1.36 bits per heavy atom. The van der Waals surface area contributed by atoms with E-state index in [0.717, 1.165) is 4.76 Å². The highest BCUT2D eigenvalue weighted by Gasteiger charge is 2.59. The molecule has 0 saturated carbocycles. The third-order valence-corrected chi connectivity index (χ3v) is 3.21. The summed E-state index contributed by atoms with van der Waals surface area (Å²) in [5.41, 5.74) is -1.36. The summed E-state index contributed by atoms with van der Waals surface area (Å²) in [7, 11) is 0. The molecule has 0 unspecified atom stereocenters. The zero-order valence-corrected chi connectivity index (χ0v) is 9.39. The lowest BCUT2D eigenvalue weighted by molar-refractivity contribution is -0.679. The molecule has 0 bridgehead atoms. The van der Waals surface area contributed by atoms with Gasteiger partial charge in [0.05, 0.1) is 6.54 Å². The molecule has 1 amide bonds. The second kappa shape index (κ2) is 3.33. The first kappa shape index (κ1) is 11.1. The van der Waals surface area contributed by atoms with E-state index in [1.807, 2.05) is 27.7 Å². The number of amides is 1. The van der Waals surface area contributed by atoms with Crippen molar-refractivity contribution in [2.24, 2.45) is 0 Å². The molecule has 0 radical (unpaired) electrons. The van der Waals surface area contributed by atoms with Crippen LogP contribution in [0.2, 0.25) is 0 Å². The summed E-state index contributed by atoms with van der Waals surface area (Å²) < 4.78 is 0.985. The number of carbonyl (C=O) groups excluding carboxylic acids is 1. The number of nitroso groups, excluding NO2 is 1. The Kier molecular flexibility index (Phi) is 2.65. The standard InChI is InChI=1S/C10H18N2O2/c1-5-10(6-2)8(13)11-7-9(3,4)12(10)14/h5-7H2,1-4H3/p+1. The first-order chi connectivity index (χ1) is 6.40. The molecule has 0 aromatic heterocycles. The largest absolute Gasteiger partial charge is 0.343 e. The van der Waals surface area contributed by atoms with Crippen LogP contribution in [0, 0.1) is 4.91 Å². The van der Waals surface area contributed by atoms with E-state index in [-0.39, 0.29) is 5.91 Å². The molecular formula is C10H19N2O2+. The molecule has 1 rings (SSSR count). The SMILES string of the molecule is CCC1(CC)C(=O)NCC(C)(C)[N+]1=O. The Labute approximate surface area is 84.6 Å². The van der Waals surface area contributed by atoms with Crippen molar-refractivity contribution in [2.45, 2.75) is 51.6 Å². The molecule has 1 N–H and O–H groups in total. The van der Waals surface area contributed by atoms with Gasteiger partial charge in [0.2, 0.25) is 5.54 Å². The Hall–Kier alpha value is -0.930. The molecule has 0 atom stereocenters. The van der Waals surface area contributed by atoms with Gasteiger partial charge in [0.1, 0.15) is 0 Å². The summed E-state index contributed by atoms with van der Waals surface area (Å²) in [6.45, 7) is 7.92. The molecule has 1 saturated heterocycles. The third kappa shape index (κ3) is 1.33. The summed E-state index contributed by atoms with van der Waals surface area (Å²) in [5.74, 6) is -0.128. The Morgan fingerprint density at radius 3 is 2.21 bits per heavy atom. The van der Waals surface area contributed by atoms with Gasteiger partial charge in [0.25, 0.3) is 11.4 Å². The molecule has 0 aromatic carbocycles. The zero-order valence-electron chi connectivity index (χ0n) is 9.39. The van der Waals surface area contributed by atoms with E-state index in [9.17, 15) is 9.70 Å². The maximum atomic E-state index is 12.1. The monoisotopic (exact) mass is 199 g/mol. The van der Waals surface area contributed by atoms with E-state index in [4.69, 9.17) is 0 Å². The van der Waals surface area contributed by atoms with E-state index in [0.29, 0.717) is 19.4 Å². The number of piperazine rings is 1. The average Bonchev–Trinajstić information content (AvgIpc) is 2.16.